The third-order valence-corrected chi connectivity index (χ3v) is 6.79. The van der Waals surface area contributed by atoms with Gasteiger partial charge in [-0.1, -0.05) is 0 Å². The van der Waals surface area contributed by atoms with Crippen molar-refractivity contribution < 1.29 is 8.42 Å². The summed E-state index contributed by atoms with van der Waals surface area (Å²) in [7, 11) is -3.43. The molecule has 0 radical (unpaired) electrons. The van der Waals surface area contributed by atoms with Crippen LogP contribution in [0.1, 0.15) is 9.75 Å². The van der Waals surface area contributed by atoms with Crippen molar-refractivity contribution in [1.82, 2.24) is 4.72 Å². The van der Waals surface area contributed by atoms with Gasteiger partial charge >= 0.3 is 0 Å². The summed E-state index contributed by atoms with van der Waals surface area (Å²) in [4.78, 5) is 1.82. The molecule has 2 heterocycles. The van der Waals surface area contributed by atoms with Gasteiger partial charge in [0.15, 0.2) is 0 Å². The van der Waals surface area contributed by atoms with Gasteiger partial charge in [0.05, 0.1) is 3.79 Å². The van der Waals surface area contributed by atoms with Crippen LogP contribution in [-0.4, -0.2) is 8.42 Å². The minimum atomic E-state index is -3.43. The van der Waals surface area contributed by atoms with Crippen molar-refractivity contribution >= 4 is 48.6 Å². The van der Waals surface area contributed by atoms with Gasteiger partial charge in [0.25, 0.3) is 0 Å². The van der Waals surface area contributed by atoms with Gasteiger partial charge in [-0.15, -0.1) is 22.7 Å². The van der Waals surface area contributed by atoms with Gasteiger partial charge in [-0.05, 0) is 40.2 Å². The monoisotopic (exact) mass is 366 g/mol. The summed E-state index contributed by atoms with van der Waals surface area (Å²) in [5, 5.41) is 0. The molecule has 0 saturated heterocycles. The van der Waals surface area contributed by atoms with E-state index >= 15 is 0 Å². The van der Waals surface area contributed by atoms with Crippen LogP contribution in [0.2, 0.25) is 0 Å². The molecule has 98 valence electrons. The number of nitrogens with one attached hydrogen (secondary N) is 1. The molecule has 0 bridgehead atoms. The fraction of sp³-hybridized carbons (Fsp3) is 0.200. The largest absolute Gasteiger partial charge is 0.326 e. The SMILES string of the molecule is NCc1ccc(S(=O)(=O)NCc2ccc(Br)s2)s1. The fourth-order valence-electron chi connectivity index (χ4n) is 1.30. The highest BCUT2D eigenvalue weighted by Crippen LogP contribution is 2.24. The molecular weight excluding hydrogens is 356 g/mol. The van der Waals surface area contributed by atoms with Crippen LogP contribution in [-0.2, 0) is 23.1 Å². The van der Waals surface area contributed by atoms with Crippen molar-refractivity contribution in [1.29, 1.82) is 0 Å². The number of rotatable bonds is 5. The minimum absolute atomic E-state index is 0.300. The van der Waals surface area contributed by atoms with Gasteiger partial charge in [-0.2, -0.15) is 0 Å². The molecule has 0 aliphatic rings. The molecule has 8 heteroatoms. The van der Waals surface area contributed by atoms with Gasteiger partial charge in [-0.3, -0.25) is 0 Å². The molecule has 3 N–H and O–H groups in total. The Morgan fingerprint density at radius 2 is 1.89 bits per heavy atom. The summed E-state index contributed by atoms with van der Waals surface area (Å²) >= 11 is 6.04. The van der Waals surface area contributed by atoms with Crippen molar-refractivity contribution in [2.24, 2.45) is 5.73 Å². The van der Waals surface area contributed by atoms with Gasteiger partial charge in [-0.25, -0.2) is 13.1 Å². The molecule has 4 nitrogen and oxygen atoms in total. The lowest BCUT2D eigenvalue weighted by Crippen LogP contribution is -2.21. The molecule has 0 atom stereocenters. The Hall–Kier alpha value is -0.250. The molecule has 2 aromatic heterocycles. The van der Waals surface area contributed by atoms with Gasteiger partial charge in [0, 0.05) is 22.8 Å². The number of hydrogen-bond donors (Lipinski definition) is 2. The quantitative estimate of drug-likeness (QED) is 0.853. The first-order valence-electron chi connectivity index (χ1n) is 5.04. The summed E-state index contributed by atoms with van der Waals surface area (Å²) in [5.41, 5.74) is 5.47. The number of halogens is 1. The summed E-state index contributed by atoms with van der Waals surface area (Å²) in [6, 6.07) is 7.10. The zero-order chi connectivity index (χ0) is 13.2. The Kier molecular flexibility index (Phi) is 4.57. The zero-order valence-corrected chi connectivity index (χ0v) is 13.3. The van der Waals surface area contributed by atoms with Crippen molar-refractivity contribution in [3.05, 3.63) is 37.8 Å². The highest BCUT2D eigenvalue weighted by atomic mass is 79.9. The first-order valence-corrected chi connectivity index (χ1v) is 8.95. The van der Waals surface area contributed by atoms with E-state index in [1.165, 1.54) is 22.7 Å². The first-order chi connectivity index (χ1) is 8.51. The number of nitrogens with two attached hydrogens (primary N) is 1. The van der Waals surface area contributed by atoms with E-state index in [0.717, 1.165) is 13.5 Å². The molecule has 0 fully saturated rings. The van der Waals surface area contributed by atoms with Crippen LogP contribution < -0.4 is 10.5 Å². The van der Waals surface area contributed by atoms with Crippen LogP contribution >= 0.6 is 38.6 Å². The average Bonchev–Trinajstić information content (AvgIpc) is 2.95. The van der Waals surface area contributed by atoms with Crippen molar-refractivity contribution in [3.63, 3.8) is 0 Å². The third kappa shape index (κ3) is 3.40. The summed E-state index contributed by atoms with van der Waals surface area (Å²) in [5.74, 6) is 0. The molecule has 2 rings (SSSR count). The summed E-state index contributed by atoms with van der Waals surface area (Å²) in [6.07, 6.45) is 0. The molecule has 2 aromatic rings. The van der Waals surface area contributed by atoms with E-state index in [2.05, 4.69) is 20.7 Å². The third-order valence-electron chi connectivity index (χ3n) is 2.17. The molecule has 18 heavy (non-hydrogen) atoms. The van der Waals surface area contributed by atoms with Crippen LogP contribution in [0.25, 0.3) is 0 Å². The van der Waals surface area contributed by atoms with Crippen LogP contribution in [0.3, 0.4) is 0 Å². The molecule has 0 aliphatic carbocycles. The second-order valence-corrected chi connectivity index (χ2v) is 9.16. The van der Waals surface area contributed by atoms with Crippen molar-refractivity contribution in [2.45, 2.75) is 17.3 Å². The van der Waals surface area contributed by atoms with Crippen LogP contribution in [0.5, 0.6) is 0 Å². The Bertz CT molecular complexity index is 633. The Morgan fingerprint density at radius 3 is 2.44 bits per heavy atom. The molecule has 0 saturated carbocycles. The second-order valence-electron chi connectivity index (χ2n) is 3.46. The Balaban J connectivity index is 2.07. The van der Waals surface area contributed by atoms with E-state index in [0.29, 0.717) is 17.3 Å². The average molecular weight is 367 g/mol. The minimum Gasteiger partial charge on any atom is -0.326 e. The van der Waals surface area contributed by atoms with Crippen LogP contribution in [0.4, 0.5) is 0 Å². The lowest BCUT2D eigenvalue weighted by atomic mass is 10.5. The first kappa shape index (κ1) is 14.2. The van der Waals surface area contributed by atoms with E-state index in [-0.39, 0.29) is 0 Å². The molecule has 0 unspecified atom stereocenters. The van der Waals surface area contributed by atoms with Gasteiger partial charge in [0.1, 0.15) is 4.21 Å². The molecular formula is C10H11BrN2O2S3. The molecule has 0 amide bonds. The Morgan fingerprint density at radius 1 is 1.17 bits per heavy atom. The smallest absolute Gasteiger partial charge is 0.250 e. The van der Waals surface area contributed by atoms with E-state index < -0.39 is 10.0 Å². The number of thiophene rings is 2. The molecule has 0 spiro atoms. The van der Waals surface area contributed by atoms with E-state index in [1.54, 1.807) is 12.1 Å². The zero-order valence-electron chi connectivity index (χ0n) is 9.22. The normalized spacial score (nSPS) is 11.9. The van der Waals surface area contributed by atoms with Crippen LogP contribution in [0, 0.1) is 0 Å². The lowest BCUT2D eigenvalue weighted by molar-refractivity contribution is 0.584. The van der Waals surface area contributed by atoms with E-state index in [9.17, 15) is 8.42 Å². The maximum absolute atomic E-state index is 12.0. The maximum atomic E-state index is 12.0. The fourth-order valence-corrected chi connectivity index (χ4v) is 5.10. The predicted octanol–water partition coefficient (Wildman–Crippen LogP) is 2.51. The predicted molar refractivity (Wildman–Crippen MR) is 78.3 cm³/mol. The van der Waals surface area contributed by atoms with E-state index in [1.807, 2.05) is 12.1 Å². The van der Waals surface area contributed by atoms with Crippen LogP contribution in [0.15, 0.2) is 32.3 Å². The topological polar surface area (TPSA) is 72.2 Å². The van der Waals surface area contributed by atoms with Crippen molar-refractivity contribution in [3.8, 4) is 0 Å². The molecule has 0 aromatic carbocycles. The van der Waals surface area contributed by atoms with Crippen molar-refractivity contribution in [2.75, 3.05) is 0 Å². The number of sulfonamides is 1. The summed E-state index contributed by atoms with van der Waals surface area (Å²) < 4.78 is 27.8. The molecule has 0 aliphatic heterocycles. The van der Waals surface area contributed by atoms with Gasteiger partial charge < -0.3 is 5.73 Å². The second kappa shape index (κ2) is 5.81. The number of hydrogen-bond acceptors (Lipinski definition) is 5. The standard InChI is InChI=1S/C10H11BrN2O2S3/c11-9-3-1-8(16-9)6-13-18(14,15)10-4-2-7(5-12)17-10/h1-4,13H,5-6,12H2. The lowest BCUT2D eigenvalue weighted by Gasteiger charge is -2.02. The Labute approximate surface area is 122 Å². The maximum Gasteiger partial charge on any atom is 0.250 e. The summed E-state index contributed by atoms with van der Waals surface area (Å²) in [6.45, 7) is 0.659. The van der Waals surface area contributed by atoms with Gasteiger partial charge in [0.2, 0.25) is 10.0 Å². The van der Waals surface area contributed by atoms with E-state index in [4.69, 9.17) is 5.73 Å². The highest BCUT2D eigenvalue weighted by Gasteiger charge is 2.16. The highest BCUT2D eigenvalue weighted by molar-refractivity contribution is 9.11.